The van der Waals surface area contributed by atoms with E-state index in [-0.39, 0.29) is 0 Å². The second-order valence-corrected chi connectivity index (χ2v) is 4.37. The summed E-state index contributed by atoms with van der Waals surface area (Å²) >= 11 is 0. The van der Waals surface area contributed by atoms with Crippen molar-refractivity contribution in [3.05, 3.63) is 11.6 Å². The van der Waals surface area contributed by atoms with E-state index in [1.165, 1.54) is 6.42 Å². The van der Waals surface area contributed by atoms with Crippen LogP contribution in [-0.4, -0.2) is 0 Å². The summed E-state index contributed by atoms with van der Waals surface area (Å²) < 4.78 is 0. The van der Waals surface area contributed by atoms with Crippen molar-refractivity contribution in [2.24, 2.45) is 10.8 Å². The summed E-state index contributed by atoms with van der Waals surface area (Å²) in [5.41, 5.74) is 2.50. The number of hydrogen-bond donors (Lipinski definition) is 0. The van der Waals surface area contributed by atoms with Gasteiger partial charge in [-0.05, 0) is 17.3 Å². The first-order chi connectivity index (χ1) is 4.42. The molecule has 1 rings (SSSR count). The van der Waals surface area contributed by atoms with Crippen molar-refractivity contribution in [2.45, 2.75) is 41.0 Å². The van der Waals surface area contributed by atoms with Crippen LogP contribution in [0.5, 0.6) is 0 Å². The smallest absolute Gasteiger partial charge is 0.00589 e. The van der Waals surface area contributed by atoms with Crippen LogP contribution >= 0.6 is 0 Å². The second kappa shape index (κ2) is 1.87. The van der Waals surface area contributed by atoms with Crippen LogP contribution in [0.15, 0.2) is 11.6 Å². The van der Waals surface area contributed by atoms with Gasteiger partial charge < -0.3 is 0 Å². The van der Waals surface area contributed by atoms with Crippen LogP contribution in [0.2, 0.25) is 0 Å². The lowest BCUT2D eigenvalue weighted by atomic mass is 9.54. The molecule has 0 heterocycles. The van der Waals surface area contributed by atoms with Crippen LogP contribution < -0.4 is 0 Å². The van der Waals surface area contributed by atoms with Gasteiger partial charge in [-0.25, -0.2) is 0 Å². The maximum Gasteiger partial charge on any atom is -0.00589 e. The fourth-order valence-electron chi connectivity index (χ4n) is 1.68. The molecule has 0 N–H and O–H groups in total. The van der Waals surface area contributed by atoms with E-state index in [1.54, 1.807) is 5.57 Å². The lowest BCUT2D eigenvalue weighted by molar-refractivity contribution is 0.159. The summed E-state index contributed by atoms with van der Waals surface area (Å²) in [7, 11) is 0. The molecule has 0 spiro atoms. The Hall–Kier alpha value is -0.260. The second-order valence-electron chi connectivity index (χ2n) is 4.37. The third-order valence-electron chi connectivity index (χ3n) is 3.33. The minimum absolute atomic E-state index is 0.429. The van der Waals surface area contributed by atoms with Gasteiger partial charge >= 0.3 is 0 Å². The van der Waals surface area contributed by atoms with Crippen LogP contribution in [0.3, 0.4) is 0 Å². The highest BCUT2D eigenvalue weighted by Crippen LogP contribution is 2.55. The summed E-state index contributed by atoms with van der Waals surface area (Å²) in [6.45, 7) is 11.5. The molecular formula is C10H18. The van der Waals surface area contributed by atoms with Crippen LogP contribution in [0.1, 0.15) is 41.0 Å². The first kappa shape index (κ1) is 7.84. The number of hydrogen-bond acceptors (Lipinski definition) is 0. The molecule has 0 bridgehead atoms. The maximum absolute atomic E-state index is 2.41. The molecule has 0 aromatic rings. The molecule has 0 atom stereocenters. The Balaban J connectivity index is 2.87. The summed E-state index contributed by atoms with van der Waals surface area (Å²) in [5.74, 6) is 0. The zero-order valence-electron chi connectivity index (χ0n) is 7.78. The van der Waals surface area contributed by atoms with Gasteiger partial charge in [-0.2, -0.15) is 0 Å². The monoisotopic (exact) mass is 138 g/mol. The molecule has 10 heavy (non-hydrogen) atoms. The molecule has 1 aliphatic rings. The Morgan fingerprint density at radius 2 is 1.70 bits per heavy atom. The molecular weight excluding hydrogens is 120 g/mol. The van der Waals surface area contributed by atoms with Crippen molar-refractivity contribution in [3.63, 3.8) is 0 Å². The van der Waals surface area contributed by atoms with Crippen LogP contribution in [0, 0.1) is 10.8 Å². The summed E-state index contributed by atoms with van der Waals surface area (Å²) in [4.78, 5) is 0. The topological polar surface area (TPSA) is 0 Å². The van der Waals surface area contributed by atoms with Gasteiger partial charge in [-0.15, -0.1) is 0 Å². The van der Waals surface area contributed by atoms with E-state index in [0.717, 1.165) is 0 Å². The highest BCUT2D eigenvalue weighted by atomic mass is 14.5. The third-order valence-corrected chi connectivity index (χ3v) is 3.33. The predicted molar refractivity (Wildman–Crippen MR) is 45.9 cm³/mol. The van der Waals surface area contributed by atoms with E-state index in [0.29, 0.717) is 10.8 Å². The molecule has 0 nitrogen and oxygen atoms in total. The molecule has 0 amide bonds. The molecule has 0 fully saturated rings. The average molecular weight is 138 g/mol. The van der Waals surface area contributed by atoms with Crippen LogP contribution in [0.25, 0.3) is 0 Å². The van der Waals surface area contributed by atoms with Crippen molar-refractivity contribution >= 4 is 0 Å². The molecule has 0 radical (unpaired) electrons. The summed E-state index contributed by atoms with van der Waals surface area (Å²) in [6, 6.07) is 0. The normalized spacial score (nSPS) is 27.1. The largest absolute Gasteiger partial charge is 0.0782 e. The molecule has 0 aromatic carbocycles. The van der Waals surface area contributed by atoms with E-state index in [1.807, 2.05) is 0 Å². The third kappa shape index (κ3) is 0.744. The minimum Gasteiger partial charge on any atom is -0.0782 e. The highest BCUT2D eigenvalue weighted by Gasteiger charge is 2.45. The molecule has 0 aromatic heterocycles. The summed E-state index contributed by atoms with van der Waals surface area (Å²) in [6.07, 6.45) is 3.63. The Kier molecular flexibility index (Phi) is 1.47. The Morgan fingerprint density at radius 1 is 1.20 bits per heavy atom. The molecule has 1 aliphatic carbocycles. The number of allylic oxidation sites excluding steroid dienone is 2. The predicted octanol–water partition coefficient (Wildman–Crippen LogP) is 3.39. The fourth-order valence-corrected chi connectivity index (χ4v) is 1.68. The van der Waals surface area contributed by atoms with Gasteiger partial charge in [-0.3, -0.25) is 0 Å². The van der Waals surface area contributed by atoms with E-state index >= 15 is 0 Å². The first-order valence-electron chi connectivity index (χ1n) is 4.14. The lowest BCUT2D eigenvalue weighted by Crippen LogP contribution is -2.41. The Bertz CT molecular complexity index is 170. The van der Waals surface area contributed by atoms with Gasteiger partial charge in [-0.1, -0.05) is 46.3 Å². The molecule has 0 saturated carbocycles. The van der Waals surface area contributed by atoms with Gasteiger partial charge in [0.2, 0.25) is 0 Å². The van der Waals surface area contributed by atoms with E-state index < -0.39 is 0 Å². The Morgan fingerprint density at radius 3 is 1.80 bits per heavy atom. The van der Waals surface area contributed by atoms with Crippen molar-refractivity contribution < 1.29 is 0 Å². The van der Waals surface area contributed by atoms with E-state index in [9.17, 15) is 0 Å². The van der Waals surface area contributed by atoms with E-state index in [4.69, 9.17) is 0 Å². The molecule has 0 heteroatoms. The first-order valence-corrected chi connectivity index (χ1v) is 4.14. The SMILES string of the molecule is CCC1=CC(C)(C)C1(C)C. The quantitative estimate of drug-likeness (QED) is 0.487. The molecule has 0 unspecified atom stereocenters. The zero-order chi connectivity index (χ0) is 7.99. The summed E-state index contributed by atoms with van der Waals surface area (Å²) in [5, 5.41) is 0. The van der Waals surface area contributed by atoms with Gasteiger partial charge in [0, 0.05) is 0 Å². The van der Waals surface area contributed by atoms with Crippen LogP contribution in [-0.2, 0) is 0 Å². The lowest BCUT2D eigenvalue weighted by Gasteiger charge is -2.51. The highest BCUT2D eigenvalue weighted by molar-refractivity contribution is 5.31. The van der Waals surface area contributed by atoms with Gasteiger partial charge in [0.15, 0.2) is 0 Å². The average Bonchev–Trinajstić information content (AvgIpc) is 1.83. The molecule has 0 saturated heterocycles. The van der Waals surface area contributed by atoms with Crippen molar-refractivity contribution in [1.29, 1.82) is 0 Å². The van der Waals surface area contributed by atoms with Crippen LogP contribution in [0.4, 0.5) is 0 Å². The van der Waals surface area contributed by atoms with Gasteiger partial charge in [0.25, 0.3) is 0 Å². The maximum atomic E-state index is 2.41. The molecule has 58 valence electrons. The van der Waals surface area contributed by atoms with Gasteiger partial charge in [0.05, 0.1) is 0 Å². The Labute approximate surface area is 64.3 Å². The standard InChI is InChI=1S/C10H18/c1-6-8-7-9(2,3)10(8,4)5/h7H,6H2,1-5H3. The van der Waals surface area contributed by atoms with E-state index in [2.05, 4.69) is 40.7 Å². The fraction of sp³-hybridized carbons (Fsp3) is 0.800. The van der Waals surface area contributed by atoms with Crippen molar-refractivity contribution in [2.75, 3.05) is 0 Å². The molecule has 0 aliphatic heterocycles. The van der Waals surface area contributed by atoms with Crippen molar-refractivity contribution in [3.8, 4) is 0 Å². The number of rotatable bonds is 1. The van der Waals surface area contributed by atoms with Gasteiger partial charge in [0.1, 0.15) is 0 Å². The minimum atomic E-state index is 0.429. The zero-order valence-corrected chi connectivity index (χ0v) is 7.78. The van der Waals surface area contributed by atoms with Crippen molar-refractivity contribution in [1.82, 2.24) is 0 Å².